The van der Waals surface area contributed by atoms with Gasteiger partial charge >= 0.3 is 0 Å². The van der Waals surface area contributed by atoms with Crippen LogP contribution in [0.3, 0.4) is 0 Å². The van der Waals surface area contributed by atoms with Crippen molar-refractivity contribution >= 4 is 86.4 Å². The molecule has 0 N–H and O–H groups in total. The average Bonchev–Trinajstić information content (AvgIpc) is 3.74. The van der Waals surface area contributed by atoms with E-state index in [0.717, 1.165) is 29.0 Å². The topological polar surface area (TPSA) is 17.8 Å². The largest absolute Gasteiger partial charge is 0.296 e. The van der Waals surface area contributed by atoms with Crippen LogP contribution >= 0.6 is 0 Å². The van der Waals surface area contributed by atoms with Crippen molar-refractivity contribution in [2.24, 2.45) is 0 Å². The summed E-state index contributed by atoms with van der Waals surface area (Å²) in [5.74, 6) is 1.06. The van der Waals surface area contributed by atoms with Crippen LogP contribution in [0, 0.1) is 0 Å². The number of rotatable bonds is 5. The number of para-hydroxylation sites is 2. The van der Waals surface area contributed by atoms with E-state index < -0.39 is 0 Å². The van der Waals surface area contributed by atoms with Crippen molar-refractivity contribution in [1.82, 2.24) is 9.55 Å². The highest BCUT2D eigenvalue weighted by molar-refractivity contribution is 6.35. The molecule has 0 radical (unpaired) electrons. The van der Waals surface area contributed by atoms with E-state index in [1.165, 1.54) is 109 Å². The van der Waals surface area contributed by atoms with E-state index in [1.54, 1.807) is 0 Å². The number of hydrogen-bond donors (Lipinski definition) is 0. The number of hydrogen-bond acceptors (Lipinski definition) is 1. The first kappa shape index (κ1) is 35.7. The monoisotopic (exact) mass is 800 g/mol. The minimum absolute atomic E-state index is 0.833. The molecule has 2 nitrogen and oxygen atoms in total. The maximum Gasteiger partial charge on any atom is 0.114 e. The Labute approximate surface area is 364 Å². The number of nitrogens with zero attached hydrogens (tertiary/aromatic N) is 2. The molecule has 0 saturated heterocycles. The van der Waals surface area contributed by atoms with E-state index in [4.69, 9.17) is 4.98 Å². The van der Waals surface area contributed by atoms with Crippen molar-refractivity contribution < 1.29 is 0 Å². The van der Waals surface area contributed by atoms with E-state index in [0.29, 0.717) is 0 Å². The molecule has 13 aromatic rings. The van der Waals surface area contributed by atoms with Crippen LogP contribution in [-0.2, 0) is 6.42 Å². The van der Waals surface area contributed by atoms with Gasteiger partial charge in [-0.25, -0.2) is 4.98 Å². The lowest BCUT2D eigenvalue weighted by Gasteiger charge is -2.22. The van der Waals surface area contributed by atoms with E-state index in [1.807, 2.05) is 0 Å². The fraction of sp³-hybridized carbons (Fsp3) is 0.0328. The molecule has 63 heavy (non-hydrogen) atoms. The lowest BCUT2D eigenvalue weighted by molar-refractivity contribution is 0.913. The number of fused-ring (bicyclic) bond motifs is 12. The lowest BCUT2D eigenvalue weighted by atomic mass is 9.81. The average molecular weight is 801 g/mol. The zero-order valence-electron chi connectivity index (χ0n) is 34.8. The van der Waals surface area contributed by atoms with Gasteiger partial charge in [0.15, 0.2) is 0 Å². The van der Waals surface area contributed by atoms with Gasteiger partial charge in [0.05, 0.1) is 16.7 Å². The molecule has 12 aromatic carbocycles. The Morgan fingerprint density at radius 2 is 0.857 bits per heavy atom. The summed E-state index contributed by atoms with van der Waals surface area (Å²) in [5.41, 5.74) is 10.7. The molecule has 2 heteroatoms. The molecule has 0 spiro atoms. The lowest BCUT2D eigenvalue weighted by Crippen LogP contribution is -2.01. The molecule has 0 aliphatic rings. The molecule has 0 aliphatic heterocycles. The van der Waals surface area contributed by atoms with Crippen LogP contribution in [-0.4, -0.2) is 9.55 Å². The second kappa shape index (κ2) is 14.0. The first-order valence-corrected chi connectivity index (χ1v) is 22.0. The second-order valence-corrected chi connectivity index (χ2v) is 16.8. The summed E-state index contributed by atoms with van der Waals surface area (Å²) in [7, 11) is 0. The number of aryl methyl sites for hydroxylation is 1. The van der Waals surface area contributed by atoms with Gasteiger partial charge in [-0.3, -0.25) is 4.57 Å². The van der Waals surface area contributed by atoms with Gasteiger partial charge < -0.3 is 0 Å². The quantitative estimate of drug-likeness (QED) is 0.125. The third-order valence-corrected chi connectivity index (χ3v) is 13.5. The third kappa shape index (κ3) is 5.28. The number of aromatic nitrogens is 2. The van der Waals surface area contributed by atoms with Crippen molar-refractivity contribution in [1.29, 1.82) is 0 Å². The zero-order chi connectivity index (χ0) is 41.6. The minimum Gasteiger partial charge on any atom is -0.296 e. The summed E-state index contributed by atoms with van der Waals surface area (Å²) in [5, 5.41) is 17.6. The molecule has 0 atom stereocenters. The second-order valence-electron chi connectivity index (χ2n) is 16.8. The maximum atomic E-state index is 5.09. The van der Waals surface area contributed by atoms with Gasteiger partial charge in [0, 0.05) is 11.8 Å². The van der Waals surface area contributed by atoms with E-state index >= 15 is 0 Å². The van der Waals surface area contributed by atoms with Gasteiger partial charge in [0.2, 0.25) is 0 Å². The summed E-state index contributed by atoms with van der Waals surface area (Å²) in [6, 6.07) is 78.7. The predicted octanol–water partition coefficient (Wildman–Crippen LogP) is 16.7. The number of benzene rings is 12. The molecule has 0 unspecified atom stereocenters. The summed E-state index contributed by atoms with van der Waals surface area (Å²) in [6.45, 7) is 2.20. The van der Waals surface area contributed by atoms with Crippen LogP contribution in [0.5, 0.6) is 0 Å². The zero-order valence-corrected chi connectivity index (χ0v) is 34.8. The minimum atomic E-state index is 0.833. The summed E-state index contributed by atoms with van der Waals surface area (Å²) in [4.78, 5) is 5.09. The van der Waals surface area contributed by atoms with Gasteiger partial charge in [-0.15, -0.1) is 0 Å². The summed E-state index contributed by atoms with van der Waals surface area (Å²) >= 11 is 0. The predicted molar refractivity (Wildman–Crippen MR) is 269 cm³/mol. The number of imidazole rings is 1. The van der Waals surface area contributed by atoms with Crippen molar-refractivity contribution in [2.45, 2.75) is 13.3 Å². The maximum absolute atomic E-state index is 5.09. The Morgan fingerprint density at radius 3 is 1.56 bits per heavy atom. The van der Waals surface area contributed by atoms with Crippen LogP contribution < -0.4 is 0 Å². The molecule has 0 bridgehead atoms. The van der Waals surface area contributed by atoms with Crippen LogP contribution in [0.25, 0.3) is 126 Å². The molecule has 1 aromatic heterocycles. The highest BCUT2D eigenvalue weighted by Crippen LogP contribution is 2.50. The van der Waals surface area contributed by atoms with Crippen molar-refractivity contribution in [3.8, 4) is 39.1 Å². The van der Waals surface area contributed by atoms with Gasteiger partial charge in [-0.2, -0.15) is 0 Å². The van der Waals surface area contributed by atoms with Gasteiger partial charge in [0.1, 0.15) is 5.82 Å². The van der Waals surface area contributed by atoms with E-state index in [-0.39, 0.29) is 0 Å². The first-order chi connectivity index (χ1) is 31.2. The molecular weight excluding hydrogens is 761 g/mol. The third-order valence-electron chi connectivity index (χ3n) is 13.5. The first-order valence-electron chi connectivity index (χ1n) is 22.0. The molecular formula is C61H40N2. The van der Waals surface area contributed by atoms with Crippen molar-refractivity contribution in [3.05, 3.63) is 218 Å². The molecule has 294 valence electrons. The fourth-order valence-corrected chi connectivity index (χ4v) is 10.8. The van der Waals surface area contributed by atoms with Crippen LogP contribution in [0.1, 0.15) is 12.7 Å². The van der Waals surface area contributed by atoms with E-state index in [2.05, 4.69) is 224 Å². The Hall–Kier alpha value is -8.07. The Morgan fingerprint density at radius 1 is 0.349 bits per heavy atom. The van der Waals surface area contributed by atoms with Gasteiger partial charge in [0.25, 0.3) is 0 Å². The Balaban J connectivity index is 1.18. The molecule has 0 aliphatic carbocycles. The normalized spacial score (nSPS) is 12.0. The molecule has 0 saturated carbocycles. The fourth-order valence-electron chi connectivity index (χ4n) is 10.8. The highest BCUT2D eigenvalue weighted by atomic mass is 15.1. The van der Waals surface area contributed by atoms with Crippen LogP contribution in [0.4, 0.5) is 0 Å². The van der Waals surface area contributed by atoms with Crippen LogP contribution in [0.15, 0.2) is 212 Å². The van der Waals surface area contributed by atoms with Crippen LogP contribution in [0.2, 0.25) is 0 Å². The van der Waals surface area contributed by atoms with E-state index in [9.17, 15) is 0 Å². The summed E-state index contributed by atoms with van der Waals surface area (Å²) < 4.78 is 2.37. The molecule has 0 fully saturated rings. The molecule has 13 rings (SSSR count). The smallest absolute Gasteiger partial charge is 0.114 e. The Kier molecular flexibility index (Phi) is 7.92. The molecule has 1 heterocycles. The van der Waals surface area contributed by atoms with Gasteiger partial charge in [-0.1, -0.05) is 189 Å². The highest BCUT2D eigenvalue weighted by Gasteiger charge is 2.23. The Bertz CT molecular complexity index is 4010. The molecule has 0 amide bonds. The SMILES string of the molecule is CCc1nc2ccccc2n1-c1ccc(-c2c3ccccc3c(-c3cc4c5ccccc5c5ccccc5c4c4ccccc34)c3ccc(-c4ccccc4)cc23)c2ccccc12. The van der Waals surface area contributed by atoms with Crippen molar-refractivity contribution in [3.63, 3.8) is 0 Å². The standard InChI is InChI=1S/C61H40N2/c1-2-58-62-55-30-16-17-31-57(55)63(58)56-35-34-50(43-23-8-11-25-45(43)56)60-48-28-14-15-29-49(48)61(51-33-32-39(36-52(51)60)38-18-4-3-5-19-38)54-37-53-42-22-7-6-20-40(42)41-21-9-12-26-46(41)59(53)47-27-13-10-24-44(47)54/h3-37H,2H2,1H3. The van der Waals surface area contributed by atoms with Crippen molar-refractivity contribution in [2.75, 3.05) is 0 Å². The van der Waals surface area contributed by atoms with Gasteiger partial charge in [-0.05, 0) is 134 Å². The summed E-state index contributed by atoms with van der Waals surface area (Å²) in [6.07, 6.45) is 0.833.